The van der Waals surface area contributed by atoms with E-state index in [0.717, 1.165) is 5.57 Å². The highest BCUT2D eigenvalue weighted by Crippen LogP contribution is 1.95. The Morgan fingerprint density at radius 2 is 2.16 bits per heavy atom. The van der Waals surface area contributed by atoms with Gasteiger partial charge in [-0.3, -0.25) is 0 Å². The zero-order valence-corrected chi connectivity index (χ0v) is 11.0. The summed E-state index contributed by atoms with van der Waals surface area (Å²) in [6, 6.07) is -0.254. The van der Waals surface area contributed by atoms with Gasteiger partial charge in [-0.25, -0.2) is 14.6 Å². The zero-order valence-electron chi connectivity index (χ0n) is 11.0. The first-order chi connectivity index (χ1) is 8.99. The van der Waals surface area contributed by atoms with Crippen molar-refractivity contribution in [2.24, 2.45) is 0 Å². The lowest BCUT2D eigenvalue weighted by molar-refractivity contribution is 0.0691. The van der Waals surface area contributed by atoms with Crippen LogP contribution in [0.5, 0.6) is 0 Å². The third kappa shape index (κ3) is 5.71. The van der Waals surface area contributed by atoms with Gasteiger partial charge in [0.05, 0.1) is 6.33 Å². The van der Waals surface area contributed by atoms with Crippen LogP contribution in [0.3, 0.4) is 0 Å². The van der Waals surface area contributed by atoms with Gasteiger partial charge in [0.15, 0.2) is 5.69 Å². The molecule has 0 fully saturated rings. The van der Waals surface area contributed by atoms with Gasteiger partial charge in [-0.2, -0.15) is 0 Å². The number of amides is 2. The zero-order chi connectivity index (χ0) is 14.3. The smallest absolute Gasteiger partial charge is 0.356 e. The summed E-state index contributed by atoms with van der Waals surface area (Å²) in [6.45, 7) is 5.27. The van der Waals surface area contributed by atoms with Crippen molar-refractivity contribution in [3.63, 3.8) is 0 Å². The van der Waals surface area contributed by atoms with Crippen molar-refractivity contribution in [1.82, 2.24) is 20.2 Å². The summed E-state index contributed by atoms with van der Waals surface area (Å²) in [5, 5.41) is 14.0. The summed E-state index contributed by atoms with van der Waals surface area (Å²) in [6.07, 6.45) is 4.76. The van der Waals surface area contributed by atoms with E-state index in [4.69, 9.17) is 5.11 Å². The fourth-order valence-electron chi connectivity index (χ4n) is 1.30. The third-order valence-corrected chi connectivity index (χ3v) is 2.28. The van der Waals surface area contributed by atoms with Crippen molar-refractivity contribution < 1.29 is 14.7 Å². The van der Waals surface area contributed by atoms with Crippen LogP contribution in [-0.4, -0.2) is 39.7 Å². The van der Waals surface area contributed by atoms with E-state index in [0.29, 0.717) is 19.6 Å². The van der Waals surface area contributed by atoms with Crippen LogP contribution in [0.25, 0.3) is 0 Å². The molecule has 0 spiro atoms. The number of allylic oxidation sites excluding steroid dienone is 1. The van der Waals surface area contributed by atoms with E-state index in [2.05, 4.69) is 15.6 Å². The van der Waals surface area contributed by atoms with Crippen molar-refractivity contribution in [3.05, 3.63) is 29.9 Å². The number of carbonyl (C=O) groups excluding carboxylic acids is 1. The molecular formula is C12H18N4O3. The standard InChI is InChI=1S/C12H18N4O3/c1-9(2)3-4-13-12(19)14-5-6-16-7-10(11(17)18)15-8-16/h3,7-8H,4-6H2,1-2H3,(H,17,18)(H2,13,14,19). The van der Waals surface area contributed by atoms with Gasteiger partial charge in [-0.15, -0.1) is 0 Å². The molecule has 7 heteroatoms. The predicted octanol–water partition coefficient (Wildman–Crippen LogP) is 0.847. The molecule has 3 N–H and O–H groups in total. The Balaban J connectivity index is 2.24. The van der Waals surface area contributed by atoms with E-state index < -0.39 is 5.97 Å². The topological polar surface area (TPSA) is 96.3 Å². The number of carbonyl (C=O) groups is 2. The number of urea groups is 1. The molecule has 19 heavy (non-hydrogen) atoms. The molecule has 0 saturated heterocycles. The lowest BCUT2D eigenvalue weighted by Crippen LogP contribution is -2.37. The number of nitrogens with zero attached hydrogens (tertiary/aromatic N) is 2. The monoisotopic (exact) mass is 266 g/mol. The van der Waals surface area contributed by atoms with Crippen molar-refractivity contribution >= 4 is 12.0 Å². The first-order valence-electron chi connectivity index (χ1n) is 5.89. The second-order valence-corrected chi connectivity index (χ2v) is 4.22. The molecule has 0 atom stereocenters. The molecule has 0 aromatic carbocycles. The Bertz CT molecular complexity index is 475. The minimum Gasteiger partial charge on any atom is -0.476 e. The molecule has 0 saturated carbocycles. The molecule has 0 aliphatic rings. The number of hydrogen-bond acceptors (Lipinski definition) is 3. The normalized spacial score (nSPS) is 9.79. The largest absolute Gasteiger partial charge is 0.476 e. The molecule has 0 unspecified atom stereocenters. The number of imidazole rings is 1. The van der Waals surface area contributed by atoms with Gasteiger partial charge in [-0.05, 0) is 13.8 Å². The van der Waals surface area contributed by atoms with Crippen molar-refractivity contribution in [3.8, 4) is 0 Å². The van der Waals surface area contributed by atoms with E-state index in [-0.39, 0.29) is 11.7 Å². The van der Waals surface area contributed by atoms with Gasteiger partial charge < -0.3 is 20.3 Å². The van der Waals surface area contributed by atoms with Gasteiger partial charge in [0, 0.05) is 25.8 Å². The highest BCUT2D eigenvalue weighted by Gasteiger charge is 2.06. The van der Waals surface area contributed by atoms with Gasteiger partial charge in [-0.1, -0.05) is 11.6 Å². The summed E-state index contributed by atoms with van der Waals surface area (Å²) in [5.41, 5.74) is 1.13. The quantitative estimate of drug-likeness (QED) is 0.665. The maximum absolute atomic E-state index is 11.4. The first kappa shape index (κ1) is 14.7. The molecule has 1 heterocycles. The van der Waals surface area contributed by atoms with Gasteiger partial charge >= 0.3 is 12.0 Å². The number of carboxylic acid groups (broad SMARTS) is 1. The Kier molecular flexibility index (Phi) is 5.59. The molecule has 1 aromatic heterocycles. The molecule has 0 aliphatic carbocycles. The third-order valence-electron chi connectivity index (χ3n) is 2.28. The number of nitrogens with one attached hydrogen (secondary N) is 2. The molecular weight excluding hydrogens is 248 g/mol. The van der Waals surface area contributed by atoms with Gasteiger partial charge in [0.25, 0.3) is 0 Å². The fourth-order valence-corrected chi connectivity index (χ4v) is 1.30. The van der Waals surface area contributed by atoms with Crippen LogP contribution < -0.4 is 10.6 Å². The van der Waals surface area contributed by atoms with Crippen LogP contribution in [0, 0.1) is 0 Å². The van der Waals surface area contributed by atoms with Gasteiger partial charge in [0.2, 0.25) is 0 Å². The maximum Gasteiger partial charge on any atom is 0.356 e. The fraction of sp³-hybridized carbons (Fsp3) is 0.417. The van der Waals surface area contributed by atoms with Crippen LogP contribution >= 0.6 is 0 Å². The summed E-state index contributed by atoms with van der Waals surface area (Å²) in [4.78, 5) is 25.7. The maximum atomic E-state index is 11.4. The predicted molar refractivity (Wildman–Crippen MR) is 70.0 cm³/mol. The minimum absolute atomic E-state index is 0.00647. The molecule has 7 nitrogen and oxygen atoms in total. The number of aromatic nitrogens is 2. The Hall–Kier alpha value is -2.31. The average Bonchev–Trinajstić information content (AvgIpc) is 2.77. The van der Waals surface area contributed by atoms with Crippen LogP contribution in [0.1, 0.15) is 24.3 Å². The van der Waals surface area contributed by atoms with Crippen LogP contribution in [0.4, 0.5) is 4.79 Å². The van der Waals surface area contributed by atoms with E-state index in [1.165, 1.54) is 12.5 Å². The van der Waals surface area contributed by atoms with Crippen LogP contribution in [-0.2, 0) is 6.54 Å². The number of rotatable bonds is 6. The molecule has 0 aliphatic heterocycles. The van der Waals surface area contributed by atoms with E-state index in [9.17, 15) is 9.59 Å². The molecule has 104 valence electrons. The highest BCUT2D eigenvalue weighted by molar-refractivity contribution is 5.84. The number of carboxylic acids is 1. The Morgan fingerprint density at radius 3 is 2.74 bits per heavy atom. The molecule has 0 bridgehead atoms. The highest BCUT2D eigenvalue weighted by atomic mass is 16.4. The summed E-state index contributed by atoms with van der Waals surface area (Å²) in [5.74, 6) is -1.06. The minimum atomic E-state index is -1.06. The molecule has 1 aromatic rings. The van der Waals surface area contributed by atoms with Crippen molar-refractivity contribution in [2.45, 2.75) is 20.4 Å². The SMILES string of the molecule is CC(C)=CCNC(=O)NCCn1cnc(C(=O)O)c1. The number of hydrogen-bond donors (Lipinski definition) is 3. The van der Waals surface area contributed by atoms with E-state index in [1.807, 2.05) is 19.9 Å². The van der Waals surface area contributed by atoms with Crippen LogP contribution in [0.2, 0.25) is 0 Å². The van der Waals surface area contributed by atoms with Gasteiger partial charge in [0.1, 0.15) is 0 Å². The lowest BCUT2D eigenvalue weighted by atomic mass is 10.3. The Morgan fingerprint density at radius 1 is 1.42 bits per heavy atom. The molecule has 0 radical (unpaired) electrons. The van der Waals surface area contributed by atoms with Crippen LogP contribution in [0.15, 0.2) is 24.2 Å². The molecule has 1 rings (SSSR count). The molecule has 2 amide bonds. The van der Waals surface area contributed by atoms with E-state index >= 15 is 0 Å². The number of aromatic carboxylic acids is 1. The lowest BCUT2D eigenvalue weighted by Gasteiger charge is -2.06. The van der Waals surface area contributed by atoms with Crippen molar-refractivity contribution in [2.75, 3.05) is 13.1 Å². The summed E-state index contributed by atoms with van der Waals surface area (Å²) >= 11 is 0. The second-order valence-electron chi connectivity index (χ2n) is 4.22. The summed E-state index contributed by atoms with van der Waals surface area (Å²) in [7, 11) is 0. The van der Waals surface area contributed by atoms with E-state index in [1.54, 1.807) is 4.57 Å². The summed E-state index contributed by atoms with van der Waals surface area (Å²) < 4.78 is 1.61. The van der Waals surface area contributed by atoms with Crippen molar-refractivity contribution in [1.29, 1.82) is 0 Å². The average molecular weight is 266 g/mol. The Labute approximate surface area is 111 Å². The first-order valence-corrected chi connectivity index (χ1v) is 5.89. The second kappa shape index (κ2) is 7.20.